The van der Waals surface area contributed by atoms with Crippen LogP contribution in [0.15, 0.2) is 18.2 Å². The van der Waals surface area contributed by atoms with Crippen molar-refractivity contribution >= 4 is 23.2 Å². The zero-order chi connectivity index (χ0) is 14.3. The maximum atomic E-state index is 11.5. The van der Waals surface area contributed by atoms with Crippen molar-refractivity contribution in [3.8, 4) is 6.07 Å². The fraction of sp³-hybridized carbons (Fsp3) is 0.357. The zero-order valence-corrected chi connectivity index (χ0v) is 11.1. The van der Waals surface area contributed by atoms with Gasteiger partial charge in [-0.05, 0) is 37.1 Å². The van der Waals surface area contributed by atoms with E-state index in [4.69, 9.17) is 5.26 Å². The molecule has 100 valence electrons. The number of anilines is 2. The van der Waals surface area contributed by atoms with Gasteiger partial charge in [0.25, 0.3) is 0 Å². The summed E-state index contributed by atoms with van der Waals surface area (Å²) >= 11 is 0. The van der Waals surface area contributed by atoms with Gasteiger partial charge in [0.05, 0.1) is 6.07 Å². The Morgan fingerprint density at radius 2 is 2.00 bits per heavy atom. The Hall–Kier alpha value is -2.35. The first-order chi connectivity index (χ1) is 9.06. The smallest absolute Gasteiger partial charge is 0.238 e. The Bertz CT molecular complexity index is 518. The fourth-order valence-electron chi connectivity index (χ4n) is 1.60. The van der Waals surface area contributed by atoms with Crippen molar-refractivity contribution < 1.29 is 9.59 Å². The van der Waals surface area contributed by atoms with E-state index in [-0.39, 0.29) is 18.2 Å². The molecule has 0 atom stereocenters. The molecule has 0 saturated carbocycles. The van der Waals surface area contributed by atoms with E-state index < -0.39 is 0 Å². The van der Waals surface area contributed by atoms with E-state index in [9.17, 15) is 9.59 Å². The lowest BCUT2D eigenvalue weighted by molar-refractivity contribution is -0.116. The number of benzene rings is 1. The molecule has 0 unspecified atom stereocenters. The Morgan fingerprint density at radius 1 is 1.26 bits per heavy atom. The second-order valence-electron chi connectivity index (χ2n) is 4.21. The van der Waals surface area contributed by atoms with Crippen LogP contribution in [0.3, 0.4) is 0 Å². The Labute approximate surface area is 112 Å². The van der Waals surface area contributed by atoms with E-state index in [0.717, 1.165) is 17.7 Å². The van der Waals surface area contributed by atoms with Gasteiger partial charge < -0.3 is 10.6 Å². The molecule has 0 aliphatic heterocycles. The summed E-state index contributed by atoms with van der Waals surface area (Å²) in [7, 11) is 0. The fourth-order valence-corrected chi connectivity index (χ4v) is 1.60. The highest BCUT2D eigenvalue weighted by Gasteiger charge is 2.06. The average molecular weight is 259 g/mol. The Kier molecular flexibility index (Phi) is 5.55. The molecule has 0 radical (unpaired) electrons. The minimum atomic E-state index is -0.343. The number of nitrogens with one attached hydrogen (secondary N) is 2. The summed E-state index contributed by atoms with van der Waals surface area (Å²) in [5, 5.41) is 13.8. The number of carbonyl (C=O) groups is 2. The minimum absolute atomic E-state index is 0.0214. The van der Waals surface area contributed by atoms with Crippen molar-refractivity contribution in [2.24, 2.45) is 0 Å². The molecule has 0 aliphatic rings. The minimum Gasteiger partial charge on any atom is -0.326 e. The molecule has 1 aromatic rings. The summed E-state index contributed by atoms with van der Waals surface area (Å²) in [5.74, 6) is -0.364. The van der Waals surface area contributed by atoms with E-state index in [1.807, 2.05) is 13.8 Å². The standard InChI is InChI=1S/C14H17N3O2/c1-3-4-13(18)17-12-6-5-11(9-10(12)2)16-14(19)7-8-15/h5-6,9H,3-4,7H2,1-2H3,(H,16,19)(H,17,18). The Morgan fingerprint density at radius 3 is 2.58 bits per heavy atom. The van der Waals surface area contributed by atoms with Gasteiger partial charge in [-0.25, -0.2) is 0 Å². The summed E-state index contributed by atoms with van der Waals surface area (Å²) in [6.45, 7) is 3.79. The molecule has 0 heterocycles. The lowest BCUT2D eigenvalue weighted by Crippen LogP contribution is -2.13. The molecule has 19 heavy (non-hydrogen) atoms. The van der Waals surface area contributed by atoms with Gasteiger partial charge in [0.15, 0.2) is 0 Å². The molecule has 5 heteroatoms. The van der Waals surface area contributed by atoms with Gasteiger partial charge in [-0.15, -0.1) is 0 Å². The van der Waals surface area contributed by atoms with E-state index >= 15 is 0 Å². The summed E-state index contributed by atoms with van der Waals surface area (Å²) in [5.41, 5.74) is 2.21. The van der Waals surface area contributed by atoms with Crippen LogP contribution in [-0.2, 0) is 9.59 Å². The highest BCUT2D eigenvalue weighted by molar-refractivity contribution is 5.94. The SMILES string of the molecule is CCCC(=O)Nc1ccc(NC(=O)CC#N)cc1C. The van der Waals surface area contributed by atoms with Crippen molar-refractivity contribution in [2.75, 3.05) is 10.6 Å². The normalized spacial score (nSPS) is 9.53. The molecular formula is C14H17N3O2. The molecule has 2 amide bonds. The summed E-state index contributed by atoms with van der Waals surface area (Å²) < 4.78 is 0. The molecule has 0 fully saturated rings. The first-order valence-electron chi connectivity index (χ1n) is 6.14. The van der Waals surface area contributed by atoms with Crippen LogP contribution in [-0.4, -0.2) is 11.8 Å². The summed E-state index contributed by atoms with van der Waals surface area (Å²) in [6, 6.07) is 6.98. The van der Waals surface area contributed by atoms with Gasteiger partial charge >= 0.3 is 0 Å². The van der Waals surface area contributed by atoms with Crippen LogP contribution < -0.4 is 10.6 Å². The maximum Gasteiger partial charge on any atom is 0.238 e. The lowest BCUT2D eigenvalue weighted by Gasteiger charge is -2.10. The number of nitrogens with zero attached hydrogens (tertiary/aromatic N) is 1. The molecule has 1 aromatic carbocycles. The zero-order valence-electron chi connectivity index (χ0n) is 11.1. The third-order valence-corrected chi connectivity index (χ3v) is 2.50. The molecule has 2 N–H and O–H groups in total. The number of hydrogen-bond donors (Lipinski definition) is 2. The van der Waals surface area contributed by atoms with Gasteiger partial charge in [-0.1, -0.05) is 6.92 Å². The van der Waals surface area contributed by atoms with Crippen molar-refractivity contribution in [2.45, 2.75) is 33.1 Å². The molecule has 5 nitrogen and oxygen atoms in total. The highest BCUT2D eigenvalue weighted by Crippen LogP contribution is 2.20. The molecule has 0 bridgehead atoms. The number of nitriles is 1. The summed E-state index contributed by atoms with van der Waals surface area (Å²) in [6.07, 6.45) is 1.11. The highest BCUT2D eigenvalue weighted by atomic mass is 16.2. The molecular weight excluding hydrogens is 242 g/mol. The predicted molar refractivity (Wildman–Crippen MR) is 73.6 cm³/mol. The summed E-state index contributed by atoms with van der Waals surface area (Å²) in [4.78, 5) is 22.8. The van der Waals surface area contributed by atoms with Crippen molar-refractivity contribution in [3.05, 3.63) is 23.8 Å². The van der Waals surface area contributed by atoms with E-state index in [0.29, 0.717) is 12.1 Å². The third kappa shape index (κ3) is 4.80. The molecule has 0 aliphatic carbocycles. The number of rotatable bonds is 5. The van der Waals surface area contributed by atoms with Crippen LogP contribution in [0, 0.1) is 18.3 Å². The van der Waals surface area contributed by atoms with Crippen molar-refractivity contribution in [3.63, 3.8) is 0 Å². The van der Waals surface area contributed by atoms with Gasteiger partial charge in [0.2, 0.25) is 11.8 Å². The number of hydrogen-bond acceptors (Lipinski definition) is 3. The second-order valence-corrected chi connectivity index (χ2v) is 4.21. The first-order valence-corrected chi connectivity index (χ1v) is 6.14. The van der Waals surface area contributed by atoms with E-state index in [1.165, 1.54) is 0 Å². The lowest BCUT2D eigenvalue weighted by atomic mass is 10.1. The van der Waals surface area contributed by atoms with Crippen LogP contribution in [0.5, 0.6) is 0 Å². The number of amides is 2. The molecule has 0 saturated heterocycles. The number of aryl methyl sites for hydroxylation is 1. The van der Waals surface area contributed by atoms with Gasteiger partial charge in [-0.3, -0.25) is 9.59 Å². The van der Waals surface area contributed by atoms with Crippen LogP contribution in [0.4, 0.5) is 11.4 Å². The van der Waals surface area contributed by atoms with Crippen LogP contribution in [0.2, 0.25) is 0 Å². The molecule has 0 spiro atoms. The average Bonchev–Trinajstić information content (AvgIpc) is 2.33. The van der Waals surface area contributed by atoms with Gasteiger partial charge in [0, 0.05) is 17.8 Å². The topological polar surface area (TPSA) is 82.0 Å². The van der Waals surface area contributed by atoms with Crippen molar-refractivity contribution in [1.82, 2.24) is 0 Å². The van der Waals surface area contributed by atoms with Crippen LogP contribution >= 0.6 is 0 Å². The first kappa shape index (κ1) is 14.7. The second kappa shape index (κ2) is 7.17. The molecule has 1 rings (SSSR count). The van der Waals surface area contributed by atoms with E-state index in [1.54, 1.807) is 24.3 Å². The number of carbonyl (C=O) groups excluding carboxylic acids is 2. The van der Waals surface area contributed by atoms with Gasteiger partial charge in [0.1, 0.15) is 6.42 Å². The van der Waals surface area contributed by atoms with Crippen LogP contribution in [0.1, 0.15) is 31.7 Å². The van der Waals surface area contributed by atoms with Gasteiger partial charge in [-0.2, -0.15) is 5.26 Å². The monoisotopic (exact) mass is 259 g/mol. The van der Waals surface area contributed by atoms with E-state index in [2.05, 4.69) is 10.6 Å². The maximum absolute atomic E-state index is 11.5. The predicted octanol–water partition coefficient (Wildman–Crippen LogP) is 2.59. The third-order valence-electron chi connectivity index (χ3n) is 2.50. The van der Waals surface area contributed by atoms with Crippen molar-refractivity contribution in [1.29, 1.82) is 5.26 Å². The van der Waals surface area contributed by atoms with Crippen LogP contribution in [0.25, 0.3) is 0 Å². The quantitative estimate of drug-likeness (QED) is 0.852. The molecule has 0 aromatic heterocycles. The largest absolute Gasteiger partial charge is 0.326 e. The Balaban J connectivity index is 2.72.